The number of carbonyl (C=O) groups excluding carboxylic acids is 1. The summed E-state index contributed by atoms with van der Waals surface area (Å²) in [6.07, 6.45) is 4.18. The predicted octanol–water partition coefficient (Wildman–Crippen LogP) is 0.799. The molecule has 0 spiro atoms. The maximum absolute atomic E-state index is 11.9. The van der Waals surface area contributed by atoms with Crippen molar-refractivity contribution < 1.29 is 9.53 Å². The Balaban J connectivity index is 0.00000128. The summed E-state index contributed by atoms with van der Waals surface area (Å²) in [5, 5.41) is 3.25. The van der Waals surface area contributed by atoms with Crippen LogP contribution in [0.25, 0.3) is 0 Å². The molecule has 94 valence electrons. The number of rotatable bonds is 2. The quantitative estimate of drug-likeness (QED) is 0.786. The molecule has 1 atom stereocenters. The number of piperazine rings is 1. The van der Waals surface area contributed by atoms with Gasteiger partial charge in [-0.15, -0.1) is 12.4 Å². The summed E-state index contributed by atoms with van der Waals surface area (Å²) in [5.41, 5.74) is 0. The van der Waals surface area contributed by atoms with E-state index in [1.54, 1.807) is 0 Å². The minimum atomic E-state index is 0. The molecule has 2 saturated heterocycles. The molecule has 1 amide bonds. The predicted molar refractivity (Wildman–Crippen MR) is 64.9 cm³/mol. The van der Waals surface area contributed by atoms with Gasteiger partial charge in [-0.1, -0.05) is 0 Å². The zero-order chi connectivity index (χ0) is 10.5. The van der Waals surface area contributed by atoms with Gasteiger partial charge in [0.2, 0.25) is 5.91 Å². The first kappa shape index (κ1) is 13.7. The Morgan fingerprint density at radius 2 is 2.06 bits per heavy atom. The molecule has 0 aromatic rings. The van der Waals surface area contributed by atoms with E-state index in [1.807, 2.05) is 4.90 Å². The third kappa shape index (κ3) is 3.92. The summed E-state index contributed by atoms with van der Waals surface area (Å²) in [6, 6.07) is 0. The van der Waals surface area contributed by atoms with E-state index in [-0.39, 0.29) is 24.4 Å². The third-order valence-electron chi connectivity index (χ3n) is 3.15. The largest absolute Gasteiger partial charge is 0.378 e. The Kier molecular flexibility index (Phi) is 6.09. The van der Waals surface area contributed by atoms with Gasteiger partial charge in [0, 0.05) is 32.8 Å². The van der Waals surface area contributed by atoms with Crippen molar-refractivity contribution in [3.8, 4) is 0 Å². The van der Waals surface area contributed by atoms with Crippen molar-refractivity contribution in [2.45, 2.75) is 31.8 Å². The standard InChI is InChI=1S/C11H20N2O2.ClH/c14-11(13-6-4-12-5-7-13)9-10-3-1-2-8-15-10;/h10,12H,1-9H2;1H. The summed E-state index contributed by atoms with van der Waals surface area (Å²) in [6.45, 7) is 4.39. The lowest BCUT2D eigenvalue weighted by Crippen LogP contribution is -2.47. The van der Waals surface area contributed by atoms with Gasteiger partial charge < -0.3 is 15.0 Å². The zero-order valence-corrected chi connectivity index (χ0v) is 10.4. The van der Waals surface area contributed by atoms with Crippen LogP contribution in [0.3, 0.4) is 0 Å². The summed E-state index contributed by atoms with van der Waals surface area (Å²) in [5.74, 6) is 0.267. The topological polar surface area (TPSA) is 41.6 Å². The molecule has 16 heavy (non-hydrogen) atoms. The molecule has 5 heteroatoms. The number of halogens is 1. The molecule has 0 aromatic heterocycles. The lowest BCUT2D eigenvalue weighted by Gasteiger charge is -2.30. The molecule has 1 N–H and O–H groups in total. The number of carbonyl (C=O) groups is 1. The molecular formula is C11H21ClN2O2. The molecular weight excluding hydrogens is 228 g/mol. The summed E-state index contributed by atoms with van der Waals surface area (Å²) in [4.78, 5) is 13.8. The van der Waals surface area contributed by atoms with Crippen molar-refractivity contribution in [3.63, 3.8) is 0 Å². The third-order valence-corrected chi connectivity index (χ3v) is 3.15. The van der Waals surface area contributed by atoms with E-state index in [0.29, 0.717) is 6.42 Å². The average molecular weight is 249 g/mol. The summed E-state index contributed by atoms with van der Waals surface area (Å²) in [7, 11) is 0. The van der Waals surface area contributed by atoms with Gasteiger partial charge >= 0.3 is 0 Å². The van der Waals surface area contributed by atoms with Crippen LogP contribution < -0.4 is 5.32 Å². The Morgan fingerprint density at radius 3 is 2.69 bits per heavy atom. The number of hydrogen-bond donors (Lipinski definition) is 1. The van der Waals surface area contributed by atoms with Crippen molar-refractivity contribution in [2.24, 2.45) is 0 Å². The summed E-state index contributed by atoms with van der Waals surface area (Å²) < 4.78 is 5.58. The first-order valence-electron chi connectivity index (χ1n) is 5.96. The van der Waals surface area contributed by atoms with Crippen LogP contribution >= 0.6 is 12.4 Å². The number of nitrogens with zero attached hydrogens (tertiary/aromatic N) is 1. The van der Waals surface area contributed by atoms with Crippen LogP contribution in [0.15, 0.2) is 0 Å². The molecule has 0 radical (unpaired) electrons. The first-order chi connectivity index (χ1) is 7.36. The number of amides is 1. The van der Waals surface area contributed by atoms with Crippen LogP contribution in [0.1, 0.15) is 25.7 Å². The monoisotopic (exact) mass is 248 g/mol. The van der Waals surface area contributed by atoms with E-state index in [2.05, 4.69) is 5.32 Å². The molecule has 2 aliphatic heterocycles. The van der Waals surface area contributed by atoms with Crippen LogP contribution in [0, 0.1) is 0 Å². The van der Waals surface area contributed by atoms with Crippen LogP contribution in [0.2, 0.25) is 0 Å². The van der Waals surface area contributed by atoms with Gasteiger partial charge in [0.15, 0.2) is 0 Å². The van der Waals surface area contributed by atoms with E-state index in [1.165, 1.54) is 6.42 Å². The molecule has 2 fully saturated rings. The highest BCUT2D eigenvalue weighted by Gasteiger charge is 2.22. The fourth-order valence-corrected chi connectivity index (χ4v) is 2.21. The molecule has 2 aliphatic rings. The molecule has 2 heterocycles. The van der Waals surface area contributed by atoms with Crippen molar-refractivity contribution in [2.75, 3.05) is 32.8 Å². The maximum atomic E-state index is 11.9. The van der Waals surface area contributed by atoms with Crippen LogP contribution in [0.4, 0.5) is 0 Å². The minimum Gasteiger partial charge on any atom is -0.378 e. The lowest BCUT2D eigenvalue weighted by molar-refractivity contribution is -0.135. The van der Waals surface area contributed by atoms with Crippen LogP contribution in [-0.2, 0) is 9.53 Å². The van der Waals surface area contributed by atoms with E-state index < -0.39 is 0 Å². The fourth-order valence-electron chi connectivity index (χ4n) is 2.21. The van der Waals surface area contributed by atoms with Gasteiger partial charge in [0.05, 0.1) is 12.5 Å². The molecule has 2 rings (SSSR count). The Labute approximate surface area is 103 Å². The minimum absolute atomic E-state index is 0. The normalized spacial score (nSPS) is 26.0. The van der Waals surface area contributed by atoms with E-state index in [4.69, 9.17) is 4.74 Å². The molecule has 0 aromatic carbocycles. The number of nitrogens with one attached hydrogen (secondary N) is 1. The molecule has 4 nitrogen and oxygen atoms in total. The highest BCUT2D eigenvalue weighted by Crippen LogP contribution is 2.16. The lowest BCUT2D eigenvalue weighted by atomic mass is 10.1. The van der Waals surface area contributed by atoms with Gasteiger partial charge in [-0.05, 0) is 19.3 Å². The van der Waals surface area contributed by atoms with Gasteiger partial charge in [-0.3, -0.25) is 4.79 Å². The molecule has 0 saturated carbocycles. The smallest absolute Gasteiger partial charge is 0.225 e. The van der Waals surface area contributed by atoms with Crippen LogP contribution in [0.5, 0.6) is 0 Å². The molecule has 0 aliphatic carbocycles. The number of ether oxygens (including phenoxy) is 1. The number of hydrogen-bond acceptors (Lipinski definition) is 3. The second-order valence-electron chi connectivity index (χ2n) is 4.32. The van der Waals surface area contributed by atoms with Crippen LogP contribution in [-0.4, -0.2) is 49.7 Å². The SMILES string of the molecule is Cl.O=C(CC1CCCCO1)N1CCNCC1. The second-order valence-corrected chi connectivity index (χ2v) is 4.32. The van der Waals surface area contributed by atoms with Crippen molar-refractivity contribution in [1.82, 2.24) is 10.2 Å². The Hall–Kier alpha value is -0.320. The maximum Gasteiger partial charge on any atom is 0.225 e. The highest BCUT2D eigenvalue weighted by molar-refractivity contribution is 5.85. The second kappa shape index (κ2) is 7.09. The first-order valence-corrected chi connectivity index (χ1v) is 5.96. The van der Waals surface area contributed by atoms with Gasteiger partial charge in [0.25, 0.3) is 0 Å². The highest BCUT2D eigenvalue weighted by atomic mass is 35.5. The Morgan fingerprint density at radius 1 is 1.31 bits per heavy atom. The van der Waals surface area contributed by atoms with Gasteiger partial charge in [0.1, 0.15) is 0 Å². The van der Waals surface area contributed by atoms with Crippen molar-refractivity contribution in [1.29, 1.82) is 0 Å². The summed E-state index contributed by atoms with van der Waals surface area (Å²) >= 11 is 0. The fraction of sp³-hybridized carbons (Fsp3) is 0.909. The van der Waals surface area contributed by atoms with Crippen molar-refractivity contribution in [3.05, 3.63) is 0 Å². The van der Waals surface area contributed by atoms with E-state index in [9.17, 15) is 4.79 Å². The average Bonchev–Trinajstić information content (AvgIpc) is 2.31. The van der Waals surface area contributed by atoms with Gasteiger partial charge in [-0.25, -0.2) is 0 Å². The van der Waals surface area contributed by atoms with Gasteiger partial charge in [-0.2, -0.15) is 0 Å². The Bertz CT molecular complexity index is 214. The van der Waals surface area contributed by atoms with E-state index in [0.717, 1.165) is 45.6 Å². The molecule has 1 unspecified atom stereocenters. The van der Waals surface area contributed by atoms with E-state index >= 15 is 0 Å². The van der Waals surface area contributed by atoms with Crippen molar-refractivity contribution >= 4 is 18.3 Å². The zero-order valence-electron chi connectivity index (χ0n) is 9.61. The molecule has 0 bridgehead atoms.